The maximum Gasteiger partial charge on any atom is 0.261 e. The summed E-state index contributed by atoms with van der Waals surface area (Å²) >= 11 is 0. The number of phenols is 1. The fraction of sp³-hybridized carbons (Fsp3) is 0.429. The van der Waals surface area contributed by atoms with Crippen molar-refractivity contribution in [3.8, 4) is 11.5 Å². The van der Waals surface area contributed by atoms with Gasteiger partial charge in [0.25, 0.3) is 5.91 Å². The third-order valence-electron chi connectivity index (χ3n) is 3.78. The molecular formula is C14H17N3O3. The van der Waals surface area contributed by atoms with Gasteiger partial charge in [0, 0.05) is 19.0 Å². The number of guanidine groups is 1. The molecular weight excluding hydrogens is 258 g/mol. The summed E-state index contributed by atoms with van der Waals surface area (Å²) in [6.07, 6.45) is 0.375. The zero-order valence-corrected chi connectivity index (χ0v) is 11.7. The van der Waals surface area contributed by atoms with Crippen molar-refractivity contribution in [1.82, 2.24) is 4.90 Å². The Bertz CT molecular complexity index is 639. The van der Waals surface area contributed by atoms with Crippen LogP contribution in [0.15, 0.2) is 23.2 Å². The molecule has 2 heterocycles. The predicted molar refractivity (Wildman–Crippen MR) is 73.5 cm³/mol. The quantitative estimate of drug-likeness (QED) is 0.737. The van der Waals surface area contributed by atoms with Crippen molar-refractivity contribution in [1.29, 1.82) is 0 Å². The zero-order valence-electron chi connectivity index (χ0n) is 11.7. The van der Waals surface area contributed by atoms with Gasteiger partial charge in [-0.05, 0) is 32.0 Å². The highest BCUT2D eigenvalue weighted by molar-refractivity contribution is 6.07. The van der Waals surface area contributed by atoms with Crippen LogP contribution >= 0.6 is 0 Å². The van der Waals surface area contributed by atoms with E-state index in [1.54, 1.807) is 13.1 Å². The number of amides is 1. The van der Waals surface area contributed by atoms with Gasteiger partial charge in [-0.1, -0.05) is 0 Å². The number of nitrogens with zero attached hydrogens (tertiary/aromatic N) is 2. The Morgan fingerprint density at radius 3 is 2.75 bits per heavy atom. The molecule has 0 bridgehead atoms. The second kappa shape index (κ2) is 3.65. The fourth-order valence-electron chi connectivity index (χ4n) is 2.97. The van der Waals surface area contributed by atoms with Crippen LogP contribution in [0.2, 0.25) is 0 Å². The first-order valence-electron chi connectivity index (χ1n) is 6.41. The molecule has 0 radical (unpaired) electrons. The Morgan fingerprint density at radius 1 is 1.45 bits per heavy atom. The van der Waals surface area contributed by atoms with Crippen molar-refractivity contribution in [3.05, 3.63) is 23.8 Å². The van der Waals surface area contributed by atoms with Gasteiger partial charge >= 0.3 is 0 Å². The molecule has 0 fully saturated rings. The molecule has 0 aliphatic carbocycles. The normalized spacial score (nSPS) is 27.2. The highest BCUT2D eigenvalue weighted by Gasteiger charge is 2.55. The number of hydrogen-bond donors (Lipinski definition) is 2. The third kappa shape index (κ3) is 1.57. The highest BCUT2D eigenvalue weighted by atomic mass is 16.5. The van der Waals surface area contributed by atoms with E-state index in [4.69, 9.17) is 10.5 Å². The molecule has 0 aromatic heterocycles. The number of carbonyl (C=O) groups excluding carboxylic acids is 1. The standard InChI is InChI=1S/C14H17N3O3/c1-13(2)7-14(11(19)17(3)12(15)16-14)9-6-8(18)4-5-10(9)20-13/h4-6,18H,7H2,1-3H3,(H2,15,16). The van der Waals surface area contributed by atoms with Crippen molar-refractivity contribution in [2.45, 2.75) is 31.4 Å². The Kier molecular flexibility index (Phi) is 2.33. The molecule has 1 aromatic carbocycles. The van der Waals surface area contributed by atoms with Crippen molar-refractivity contribution >= 4 is 11.9 Å². The zero-order chi connectivity index (χ0) is 14.7. The largest absolute Gasteiger partial charge is 0.508 e. The summed E-state index contributed by atoms with van der Waals surface area (Å²) in [5.41, 5.74) is 4.72. The summed E-state index contributed by atoms with van der Waals surface area (Å²) in [5, 5.41) is 9.72. The maximum atomic E-state index is 12.6. The van der Waals surface area contributed by atoms with E-state index in [1.807, 2.05) is 13.8 Å². The van der Waals surface area contributed by atoms with E-state index < -0.39 is 11.1 Å². The van der Waals surface area contributed by atoms with E-state index in [1.165, 1.54) is 17.0 Å². The molecule has 0 saturated heterocycles. The van der Waals surface area contributed by atoms with Crippen LogP contribution in [0.4, 0.5) is 0 Å². The number of fused-ring (bicyclic) bond motifs is 2. The number of likely N-dealkylation sites (N-methyl/N-ethyl adjacent to an activating group) is 1. The number of ether oxygens (including phenoxy) is 1. The Balaban J connectivity index is 2.27. The van der Waals surface area contributed by atoms with Crippen LogP contribution in [0.5, 0.6) is 11.5 Å². The first kappa shape index (κ1) is 12.8. The minimum Gasteiger partial charge on any atom is -0.508 e. The molecule has 1 aromatic rings. The predicted octanol–water partition coefficient (Wildman–Crippen LogP) is 0.935. The van der Waals surface area contributed by atoms with E-state index in [0.29, 0.717) is 17.7 Å². The molecule has 3 N–H and O–H groups in total. The molecule has 1 atom stereocenters. The van der Waals surface area contributed by atoms with Gasteiger partial charge in [0.05, 0.1) is 0 Å². The van der Waals surface area contributed by atoms with Crippen molar-refractivity contribution in [3.63, 3.8) is 0 Å². The van der Waals surface area contributed by atoms with Crippen LogP contribution in [-0.2, 0) is 10.3 Å². The molecule has 6 heteroatoms. The van der Waals surface area contributed by atoms with E-state index >= 15 is 0 Å². The van der Waals surface area contributed by atoms with E-state index in [2.05, 4.69) is 4.99 Å². The lowest BCUT2D eigenvalue weighted by atomic mass is 9.77. The molecule has 1 spiro atoms. The molecule has 3 rings (SSSR count). The summed E-state index contributed by atoms with van der Waals surface area (Å²) in [7, 11) is 1.60. The van der Waals surface area contributed by atoms with Crippen LogP contribution in [0.1, 0.15) is 25.8 Å². The van der Waals surface area contributed by atoms with Gasteiger partial charge in [-0.15, -0.1) is 0 Å². The molecule has 6 nitrogen and oxygen atoms in total. The minimum absolute atomic E-state index is 0.0718. The van der Waals surface area contributed by atoms with E-state index in [0.717, 1.165) is 0 Å². The van der Waals surface area contributed by atoms with Crippen LogP contribution in [0.3, 0.4) is 0 Å². The van der Waals surface area contributed by atoms with Gasteiger partial charge in [-0.2, -0.15) is 0 Å². The second-order valence-electron chi connectivity index (χ2n) is 5.91. The molecule has 2 aliphatic rings. The van der Waals surface area contributed by atoms with Gasteiger partial charge in [0.2, 0.25) is 0 Å². The first-order valence-corrected chi connectivity index (χ1v) is 6.41. The minimum atomic E-state index is -1.10. The lowest BCUT2D eigenvalue weighted by molar-refractivity contribution is -0.133. The average Bonchev–Trinajstić information content (AvgIpc) is 2.55. The van der Waals surface area contributed by atoms with Gasteiger partial charge in [-0.3, -0.25) is 9.69 Å². The summed E-state index contributed by atoms with van der Waals surface area (Å²) in [4.78, 5) is 18.4. The van der Waals surface area contributed by atoms with E-state index in [9.17, 15) is 9.90 Å². The number of nitrogens with two attached hydrogens (primary N) is 1. The molecule has 2 aliphatic heterocycles. The number of phenolic OH excluding ortho intramolecular Hbond substituents is 1. The summed E-state index contributed by atoms with van der Waals surface area (Å²) in [6.45, 7) is 3.81. The van der Waals surface area contributed by atoms with Crippen LogP contribution < -0.4 is 10.5 Å². The Hall–Kier alpha value is -2.24. The molecule has 0 saturated carbocycles. The summed E-state index contributed by atoms with van der Waals surface area (Å²) in [6, 6.07) is 4.72. The third-order valence-corrected chi connectivity index (χ3v) is 3.78. The van der Waals surface area contributed by atoms with Crippen LogP contribution in [0, 0.1) is 0 Å². The number of rotatable bonds is 0. The van der Waals surface area contributed by atoms with Crippen LogP contribution in [0.25, 0.3) is 0 Å². The number of aliphatic imine (C=N–C) groups is 1. The molecule has 1 unspecified atom stereocenters. The smallest absolute Gasteiger partial charge is 0.261 e. The lowest BCUT2D eigenvalue weighted by Crippen LogP contribution is -2.49. The van der Waals surface area contributed by atoms with Crippen molar-refractivity contribution < 1.29 is 14.6 Å². The second-order valence-corrected chi connectivity index (χ2v) is 5.91. The SMILES string of the molecule is CN1C(=O)C2(CC(C)(C)Oc3ccc(O)cc32)N=C1N. The van der Waals surface area contributed by atoms with Gasteiger partial charge in [-0.25, -0.2) is 4.99 Å². The highest BCUT2D eigenvalue weighted by Crippen LogP contribution is 2.49. The monoisotopic (exact) mass is 275 g/mol. The van der Waals surface area contributed by atoms with Gasteiger partial charge in [0.1, 0.15) is 17.1 Å². The first-order chi connectivity index (χ1) is 9.25. The Labute approximate surface area is 116 Å². The summed E-state index contributed by atoms with van der Waals surface area (Å²) < 4.78 is 5.89. The number of hydrogen-bond acceptors (Lipinski definition) is 5. The van der Waals surface area contributed by atoms with Gasteiger partial charge < -0.3 is 15.6 Å². The Morgan fingerprint density at radius 2 is 2.15 bits per heavy atom. The van der Waals surface area contributed by atoms with Crippen molar-refractivity contribution in [2.24, 2.45) is 10.7 Å². The fourth-order valence-corrected chi connectivity index (χ4v) is 2.97. The average molecular weight is 275 g/mol. The number of aromatic hydroxyl groups is 1. The molecule has 20 heavy (non-hydrogen) atoms. The summed E-state index contributed by atoms with van der Waals surface area (Å²) in [5.74, 6) is 0.613. The lowest BCUT2D eigenvalue weighted by Gasteiger charge is -2.41. The molecule has 1 amide bonds. The maximum absolute atomic E-state index is 12.6. The van der Waals surface area contributed by atoms with E-state index in [-0.39, 0.29) is 17.6 Å². The number of benzene rings is 1. The topological polar surface area (TPSA) is 88.2 Å². The molecule has 106 valence electrons. The van der Waals surface area contributed by atoms with Gasteiger partial charge in [0.15, 0.2) is 11.5 Å². The van der Waals surface area contributed by atoms with Crippen molar-refractivity contribution in [2.75, 3.05) is 7.05 Å². The van der Waals surface area contributed by atoms with Crippen LogP contribution in [-0.4, -0.2) is 34.5 Å². The number of carbonyl (C=O) groups is 1.